The number of rotatable bonds is 13. The van der Waals surface area contributed by atoms with Crippen molar-refractivity contribution in [2.45, 2.75) is 64.8 Å². The van der Waals surface area contributed by atoms with Gasteiger partial charge in [-0.05, 0) is 47.6 Å². The molecule has 1 aliphatic carbocycles. The van der Waals surface area contributed by atoms with Gasteiger partial charge in [-0.25, -0.2) is 9.78 Å². The number of hydrogen-bond acceptors (Lipinski definition) is 5. The van der Waals surface area contributed by atoms with Crippen LogP contribution in [0.2, 0.25) is 0 Å². The van der Waals surface area contributed by atoms with Crippen molar-refractivity contribution >= 4 is 28.1 Å². The number of thiazole rings is 1. The zero-order valence-corrected chi connectivity index (χ0v) is 25.5. The Kier molecular flexibility index (Phi) is 10.8. The Labute approximate surface area is 249 Å². The second-order valence-electron chi connectivity index (χ2n) is 10.8. The fourth-order valence-corrected chi connectivity index (χ4v) is 5.99. The van der Waals surface area contributed by atoms with Crippen molar-refractivity contribution in [3.8, 4) is 23.1 Å². The number of aliphatic carboxylic acids is 1. The minimum absolute atomic E-state index is 0.283. The number of likely N-dealkylation sites (N-methyl/N-ethyl adjacent to an activating group) is 1. The Hall–Kier alpha value is -3.82. The summed E-state index contributed by atoms with van der Waals surface area (Å²) in [5.74, 6) is 5.79. The van der Waals surface area contributed by atoms with E-state index < -0.39 is 5.97 Å². The Morgan fingerprint density at radius 2 is 1.61 bits per heavy atom. The molecule has 6 heteroatoms. The Balaban J connectivity index is 1.36. The molecule has 4 rings (SSSR count). The van der Waals surface area contributed by atoms with E-state index in [2.05, 4.69) is 96.4 Å². The monoisotopic (exact) mass is 567 g/mol. The lowest BCUT2D eigenvalue weighted by Crippen LogP contribution is -2.20. The van der Waals surface area contributed by atoms with Gasteiger partial charge in [0.05, 0.1) is 5.69 Å². The zero-order chi connectivity index (χ0) is 29.2. The number of anilines is 2. The average Bonchev–Trinajstić information content (AvgIpc) is 3.45. The molecule has 0 spiro atoms. The minimum atomic E-state index is -0.913. The van der Waals surface area contributed by atoms with Crippen LogP contribution in [0.3, 0.4) is 0 Å². The Morgan fingerprint density at radius 1 is 0.927 bits per heavy atom. The zero-order valence-electron chi connectivity index (χ0n) is 24.7. The quantitative estimate of drug-likeness (QED) is 0.211. The van der Waals surface area contributed by atoms with E-state index in [0.29, 0.717) is 24.5 Å². The van der Waals surface area contributed by atoms with Crippen LogP contribution in [-0.4, -0.2) is 36.7 Å². The largest absolute Gasteiger partial charge is 0.478 e. The first-order valence-corrected chi connectivity index (χ1v) is 15.4. The summed E-state index contributed by atoms with van der Waals surface area (Å²) in [7, 11) is 4.16. The molecular weight excluding hydrogens is 526 g/mol. The van der Waals surface area contributed by atoms with Crippen molar-refractivity contribution in [2.24, 2.45) is 0 Å². The van der Waals surface area contributed by atoms with E-state index in [1.54, 1.807) is 17.4 Å². The number of benzene rings is 2. The van der Waals surface area contributed by atoms with E-state index in [4.69, 9.17) is 4.98 Å². The number of allylic oxidation sites excluding steroid dienone is 2. The molecule has 0 unspecified atom stereocenters. The molecule has 41 heavy (non-hydrogen) atoms. The number of nitrogens with zero attached hydrogens (tertiary/aromatic N) is 3. The highest BCUT2D eigenvalue weighted by atomic mass is 32.1. The number of carbonyl (C=O) groups is 1. The van der Waals surface area contributed by atoms with Crippen LogP contribution < -0.4 is 9.80 Å². The summed E-state index contributed by atoms with van der Waals surface area (Å²) in [6.07, 6.45) is 9.45. The first-order chi connectivity index (χ1) is 19.9. The van der Waals surface area contributed by atoms with Gasteiger partial charge in [-0.15, -0.1) is 11.3 Å². The third kappa shape index (κ3) is 8.34. The second kappa shape index (κ2) is 14.7. The first kappa shape index (κ1) is 30.1. The van der Waals surface area contributed by atoms with Crippen LogP contribution in [0.1, 0.15) is 69.4 Å². The predicted molar refractivity (Wildman–Crippen MR) is 173 cm³/mol. The smallest absolute Gasteiger partial charge is 0.332 e. The van der Waals surface area contributed by atoms with Crippen molar-refractivity contribution in [1.82, 2.24) is 4.98 Å². The first-order valence-electron chi connectivity index (χ1n) is 14.5. The number of hydrogen-bond donors (Lipinski definition) is 1. The van der Waals surface area contributed by atoms with Crippen LogP contribution in [0.15, 0.2) is 77.2 Å². The highest BCUT2D eigenvalue weighted by Crippen LogP contribution is 2.30. The lowest BCUT2D eigenvalue weighted by molar-refractivity contribution is -0.132. The molecule has 0 radical (unpaired) electrons. The average molecular weight is 568 g/mol. The normalized spacial score (nSPS) is 15.5. The van der Waals surface area contributed by atoms with Gasteiger partial charge in [0.15, 0.2) is 5.13 Å². The Morgan fingerprint density at radius 3 is 2.27 bits per heavy atom. The topological polar surface area (TPSA) is 56.7 Å². The molecule has 1 aliphatic rings. The second-order valence-corrected chi connectivity index (χ2v) is 11.7. The maximum Gasteiger partial charge on any atom is 0.332 e. The molecule has 1 heterocycles. The van der Waals surface area contributed by atoms with Gasteiger partial charge >= 0.3 is 5.97 Å². The van der Waals surface area contributed by atoms with Crippen LogP contribution in [0.4, 0.5) is 10.8 Å². The highest BCUT2D eigenvalue weighted by Gasteiger charge is 2.13. The van der Waals surface area contributed by atoms with Crippen LogP contribution in [0.25, 0.3) is 11.3 Å². The number of carboxylic acids is 1. The van der Waals surface area contributed by atoms with Crippen LogP contribution in [0, 0.1) is 11.8 Å². The number of carboxylic acid groups (broad SMARTS) is 1. The molecule has 2 aromatic carbocycles. The van der Waals surface area contributed by atoms with Gasteiger partial charge in [0.2, 0.25) is 0 Å². The van der Waals surface area contributed by atoms with Crippen molar-refractivity contribution in [1.29, 1.82) is 0 Å². The molecule has 0 amide bonds. The summed E-state index contributed by atoms with van der Waals surface area (Å²) >= 11 is 1.61. The lowest BCUT2D eigenvalue weighted by atomic mass is 9.90. The van der Waals surface area contributed by atoms with Crippen LogP contribution in [-0.2, 0) is 11.3 Å². The fraction of sp³-hybridized carbons (Fsp3) is 0.371. The van der Waals surface area contributed by atoms with Crippen molar-refractivity contribution in [3.05, 3.63) is 88.3 Å². The molecule has 0 bridgehead atoms. The molecular formula is C35H41N3O2S. The summed E-state index contributed by atoms with van der Waals surface area (Å²) in [6.45, 7) is 6.03. The molecule has 0 saturated carbocycles. The predicted octanol–water partition coefficient (Wildman–Crippen LogP) is 8.30. The summed E-state index contributed by atoms with van der Waals surface area (Å²) in [5.41, 5.74) is 7.40. The SMILES string of the molecule is CCCC(CCC)c1ccc(N(C)Cc2ccc(-c3csc(N(C)C/C4=C/C=C(/C(=O)O)CC#CC4)n3)cc2)cc1. The highest BCUT2D eigenvalue weighted by molar-refractivity contribution is 7.14. The van der Waals surface area contributed by atoms with Gasteiger partial charge in [0.25, 0.3) is 0 Å². The third-order valence-electron chi connectivity index (χ3n) is 7.52. The third-order valence-corrected chi connectivity index (χ3v) is 8.48. The van der Waals surface area contributed by atoms with Crippen molar-refractivity contribution in [3.63, 3.8) is 0 Å². The molecule has 0 aliphatic heterocycles. The molecule has 1 N–H and O–H groups in total. The van der Waals surface area contributed by atoms with Crippen molar-refractivity contribution < 1.29 is 9.90 Å². The number of aromatic nitrogens is 1. The fourth-order valence-electron chi connectivity index (χ4n) is 5.19. The molecule has 0 atom stereocenters. The molecule has 214 valence electrons. The molecule has 3 aromatic rings. The van der Waals surface area contributed by atoms with E-state index in [0.717, 1.165) is 28.5 Å². The van der Waals surface area contributed by atoms with Gasteiger partial charge in [-0.2, -0.15) is 0 Å². The van der Waals surface area contributed by atoms with Gasteiger partial charge in [-0.1, -0.05) is 87.1 Å². The minimum Gasteiger partial charge on any atom is -0.478 e. The maximum absolute atomic E-state index is 11.3. The van der Waals surface area contributed by atoms with Gasteiger partial charge in [-0.3, -0.25) is 0 Å². The summed E-state index contributed by atoms with van der Waals surface area (Å²) < 4.78 is 0. The molecule has 0 saturated heterocycles. The molecule has 0 fully saturated rings. The lowest BCUT2D eigenvalue weighted by Gasteiger charge is -2.21. The Bertz CT molecular complexity index is 1420. The van der Waals surface area contributed by atoms with Crippen molar-refractivity contribution in [2.75, 3.05) is 30.4 Å². The maximum atomic E-state index is 11.3. The van der Waals surface area contributed by atoms with Crippen LogP contribution in [0.5, 0.6) is 0 Å². The molecule has 1 aromatic heterocycles. The van der Waals surface area contributed by atoms with E-state index in [1.807, 2.05) is 13.1 Å². The standard InChI is InChI=1S/C35H41N3O2S/c1-5-9-28(10-6-2)29-19-21-32(22-20-29)37(3)23-27-13-16-30(17-14-27)33-25-41-35(36-33)38(4)24-26-11-7-8-12-31(18-15-26)34(39)40/h13-22,25,28H,5-6,9-12,23-24H2,1-4H3,(H,39,40)/b26-15+,31-18+. The summed E-state index contributed by atoms with van der Waals surface area (Å²) in [6, 6.07) is 17.8. The van der Waals surface area contributed by atoms with E-state index in [-0.39, 0.29) is 6.42 Å². The summed E-state index contributed by atoms with van der Waals surface area (Å²) in [4.78, 5) is 20.6. The van der Waals surface area contributed by atoms with Crippen LogP contribution >= 0.6 is 11.3 Å². The summed E-state index contributed by atoms with van der Waals surface area (Å²) in [5, 5.41) is 12.3. The van der Waals surface area contributed by atoms with E-state index in [9.17, 15) is 9.90 Å². The van der Waals surface area contributed by atoms with Gasteiger partial charge in [0.1, 0.15) is 0 Å². The van der Waals surface area contributed by atoms with E-state index in [1.165, 1.54) is 42.5 Å². The van der Waals surface area contributed by atoms with Gasteiger partial charge in [0, 0.05) is 62.2 Å². The molecule has 5 nitrogen and oxygen atoms in total. The van der Waals surface area contributed by atoms with E-state index >= 15 is 0 Å². The van der Waals surface area contributed by atoms with Gasteiger partial charge < -0.3 is 14.9 Å².